The van der Waals surface area contributed by atoms with Crippen molar-refractivity contribution in [3.8, 4) is 5.69 Å². The van der Waals surface area contributed by atoms with E-state index in [1.54, 1.807) is 35.8 Å². The van der Waals surface area contributed by atoms with Crippen molar-refractivity contribution in [2.24, 2.45) is 4.99 Å². The minimum atomic E-state index is -0.258. The van der Waals surface area contributed by atoms with Crippen molar-refractivity contribution < 1.29 is 9.18 Å². The average molecular weight is 571 g/mol. The molecule has 0 aliphatic carbocycles. The van der Waals surface area contributed by atoms with Crippen LogP contribution in [-0.2, 0) is 11.2 Å². The van der Waals surface area contributed by atoms with Gasteiger partial charge in [0.25, 0.3) is 0 Å². The molecule has 2 N–H and O–H groups in total. The number of guanidine groups is 1. The first-order chi connectivity index (χ1) is 15.4. The Bertz CT molecular complexity index is 892. The number of nitrogens with zero attached hydrogens (tertiary/aromatic N) is 5. The second-order valence-corrected chi connectivity index (χ2v) is 8.22. The highest BCUT2D eigenvalue weighted by Gasteiger charge is 2.22. The summed E-state index contributed by atoms with van der Waals surface area (Å²) in [6.45, 7) is 5.75. The Balaban J connectivity index is 0.00000385. The van der Waals surface area contributed by atoms with Gasteiger partial charge in [-0.3, -0.25) is 14.7 Å². The van der Waals surface area contributed by atoms with E-state index in [1.165, 1.54) is 12.1 Å². The second-order valence-electron chi connectivity index (χ2n) is 8.22. The molecule has 182 valence electrons. The van der Waals surface area contributed by atoms with Gasteiger partial charge in [-0.15, -0.1) is 24.0 Å². The summed E-state index contributed by atoms with van der Waals surface area (Å²) in [6.07, 6.45) is 4.56. The van der Waals surface area contributed by atoms with E-state index in [-0.39, 0.29) is 35.7 Å². The van der Waals surface area contributed by atoms with Crippen LogP contribution in [0.2, 0.25) is 0 Å². The maximum absolute atomic E-state index is 13.1. The van der Waals surface area contributed by atoms with E-state index in [2.05, 4.69) is 27.6 Å². The molecule has 1 aromatic heterocycles. The summed E-state index contributed by atoms with van der Waals surface area (Å²) >= 11 is 0. The third-order valence-corrected chi connectivity index (χ3v) is 5.50. The fourth-order valence-electron chi connectivity index (χ4n) is 3.60. The highest BCUT2D eigenvalue weighted by atomic mass is 127. The molecule has 2 heterocycles. The molecule has 1 saturated heterocycles. The molecule has 1 fully saturated rings. The third kappa shape index (κ3) is 8.58. The molecule has 3 rings (SSSR count). The second kappa shape index (κ2) is 13.5. The van der Waals surface area contributed by atoms with Gasteiger partial charge in [-0.25, -0.2) is 9.07 Å². The van der Waals surface area contributed by atoms with Gasteiger partial charge in [-0.1, -0.05) is 0 Å². The molecule has 0 spiro atoms. The van der Waals surface area contributed by atoms with Crippen molar-refractivity contribution >= 4 is 35.8 Å². The van der Waals surface area contributed by atoms with Gasteiger partial charge >= 0.3 is 0 Å². The van der Waals surface area contributed by atoms with E-state index in [9.17, 15) is 9.18 Å². The Morgan fingerprint density at radius 3 is 2.55 bits per heavy atom. The number of halogens is 2. The summed E-state index contributed by atoms with van der Waals surface area (Å²) < 4.78 is 14.9. The molecule has 0 bridgehead atoms. The SMILES string of the molecule is CCNC(=NCCc1ccn(-c2ccc(F)cc2)n1)NC1CCN(CC(=O)N(C)C)CC1.I. The van der Waals surface area contributed by atoms with Gasteiger partial charge in [0.05, 0.1) is 17.9 Å². The first-order valence-electron chi connectivity index (χ1n) is 11.2. The van der Waals surface area contributed by atoms with Crippen LogP contribution < -0.4 is 10.6 Å². The Morgan fingerprint density at radius 2 is 1.91 bits per heavy atom. The van der Waals surface area contributed by atoms with E-state index in [0.717, 1.165) is 56.2 Å². The molecule has 8 nitrogen and oxygen atoms in total. The Morgan fingerprint density at radius 1 is 1.21 bits per heavy atom. The molecular weight excluding hydrogens is 536 g/mol. The lowest BCUT2D eigenvalue weighted by Gasteiger charge is -2.33. The molecule has 1 aromatic carbocycles. The lowest BCUT2D eigenvalue weighted by Crippen LogP contribution is -2.50. The van der Waals surface area contributed by atoms with Gasteiger partial charge in [-0.05, 0) is 50.1 Å². The number of likely N-dealkylation sites (N-methyl/N-ethyl adjacent to an activating group) is 1. The largest absolute Gasteiger partial charge is 0.357 e. The minimum Gasteiger partial charge on any atom is -0.357 e. The van der Waals surface area contributed by atoms with Crippen LogP contribution in [0.5, 0.6) is 0 Å². The molecule has 33 heavy (non-hydrogen) atoms. The van der Waals surface area contributed by atoms with Crippen LogP contribution in [0.1, 0.15) is 25.5 Å². The Labute approximate surface area is 212 Å². The van der Waals surface area contributed by atoms with Gasteiger partial charge in [0.2, 0.25) is 5.91 Å². The van der Waals surface area contributed by atoms with Crippen molar-refractivity contribution in [2.45, 2.75) is 32.2 Å². The van der Waals surface area contributed by atoms with Gasteiger partial charge in [0, 0.05) is 58.9 Å². The lowest BCUT2D eigenvalue weighted by molar-refractivity contribution is -0.130. The van der Waals surface area contributed by atoms with E-state index in [4.69, 9.17) is 4.99 Å². The molecule has 0 atom stereocenters. The Hall–Kier alpha value is -2.21. The maximum atomic E-state index is 13.1. The molecule has 0 saturated carbocycles. The van der Waals surface area contributed by atoms with Crippen molar-refractivity contribution in [2.75, 3.05) is 46.8 Å². The van der Waals surface area contributed by atoms with Gasteiger partial charge in [0.1, 0.15) is 5.82 Å². The van der Waals surface area contributed by atoms with Gasteiger partial charge in [0.15, 0.2) is 5.96 Å². The smallest absolute Gasteiger partial charge is 0.236 e. The predicted molar refractivity (Wildman–Crippen MR) is 140 cm³/mol. The normalized spacial score (nSPS) is 15.1. The van der Waals surface area contributed by atoms with Crippen molar-refractivity contribution in [1.82, 2.24) is 30.2 Å². The number of benzene rings is 1. The highest BCUT2D eigenvalue weighted by Crippen LogP contribution is 2.11. The summed E-state index contributed by atoms with van der Waals surface area (Å²) in [6, 6.07) is 8.58. The molecule has 10 heteroatoms. The number of aliphatic imine (C=N–C) groups is 1. The standard InChI is InChI=1S/C23H34FN7O.HI/c1-4-25-23(27-19-10-14-30(15-11-19)17-22(32)29(2)3)26-13-9-20-12-16-31(28-20)21-7-5-18(24)6-8-21;/h5-8,12,16,19H,4,9-11,13-15,17H2,1-3H3,(H2,25,26,27);1H. The first-order valence-corrected chi connectivity index (χ1v) is 11.2. The Kier molecular flexibility index (Phi) is 11.0. The number of hydrogen-bond acceptors (Lipinski definition) is 4. The van der Waals surface area contributed by atoms with Crippen molar-refractivity contribution in [3.63, 3.8) is 0 Å². The van der Waals surface area contributed by atoms with Crippen LogP contribution in [0.25, 0.3) is 5.69 Å². The first kappa shape index (κ1) is 27.0. The zero-order valence-electron chi connectivity index (χ0n) is 19.6. The number of rotatable bonds is 8. The van der Waals surface area contributed by atoms with Gasteiger partial charge in [-0.2, -0.15) is 5.10 Å². The number of likely N-dealkylation sites (tertiary alicyclic amines) is 1. The molecule has 1 aliphatic rings. The van der Waals surface area contributed by atoms with Crippen LogP contribution in [0, 0.1) is 5.82 Å². The number of amides is 1. The molecule has 0 radical (unpaired) electrons. The summed E-state index contributed by atoms with van der Waals surface area (Å²) in [5, 5.41) is 11.4. The molecule has 1 aliphatic heterocycles. The summed E-state index contributed by atoms with van der Waals surface area (Å²) in [4.78, 5) is 20.5. The molecule has 1 amide bonds. The third-order valence-electron chi connectivity index (χ3n) is 5.50. The average Bonchev–Trinajstić information content (AvgIpc) is 3.24. The van der Waals surface area contributed by atoms with Crippen LogP contribution in [0.4, 0.5) is 4.39 Å². The number of carbonyl (C=O) groups excluding carboxylic acids is 1. The number of hydrogen-bond donors (Lipinski definition) is 2. The number of piperidine rings is 1. The maximum Gasteiger partial charge on any atom is 0.236 e. The van der Waals surface area contributed by atoms with Crippen molar-refractivity contribution in [1.29, 1.82) is 0 Å². The topological polar surface area (TPSA) is 77.8 Å². The number of nitrogens with one attached hydrogen (secondary N) is 2. The van der Waals surface area contributed by atoms with E-state index in [0.29, 0.717) is 19.1 Å². The molecule has 2 aromatic rings. The molecular formula is C23H35FIN7O. The van der Waals surface area contributed by atoms with E-state index in [1.807, 2.05) is 12.3 Å². The van der Waals surface area contributed by atoms with E-state index >= 15 is 0 Å². The van der Waals surface area contributed by atoms with Gasteiger partial charge < -0.3 is 15.5 Å². The lowest BCUT2D eigenvalue weighted by atomic mass is 10.1. The zero-order valence-corrected chi connectivity index (χ0v) is 22.0. The summed E-state index contributed by atoms with van der Waals surface area (Å²) in [5.74, 6) is 0.702. The predicted octanol–water partition coefficient (Wildman–Crippen LogP) is 2.28. The highest BCUT2D eigenvalue weighted by molar-refractivity contribution is 14.0. The minimum absolute atomic E-state index is 0. The monoisotopic (exact) mass is 571 g/mol. The van der Waals surface area contributed by atoms with Crippen LogP contribution in [0.15, 0.2) is 41.5 Å². The zero-order chi connectivity index (χ0) is 22.9. The summed E-state index contributed by atoms with van der Waals surface area (Å²) in [7, 11) is 3.59. The van der Waals surface area contributed by atoms with Crippen LogP contribution in [0.3, 0.4) is 0 Å². The summed E-state index contributed by atoms with van der Waals surface area (Å²) in [5.41, 5.74) is 1.77. The van der Waals surface area contributed by atoms with E-state index < -0.39 is 0 Å². The van der Waals surface area contributed by atoms with Crippen molar-refractivity contribution in [3.05, 3.63) is 48.0 Å². The number of aromatic nitrogens is 2. The fourth-order valence-corrected chi connectivity index (χ4v) is 3.60. The quantitative estimate of drug-likeness (QED) is 0.289. The molecule has 0 unspecified atom stereocenters. The fraction of sp³-hybridized carbons (Fsp3) is 0.522. The number of carbonyl (C=O) groups is 1. The van der Waals surface area contributed by atoms with Crippen LogP contribution in [-0.4, -0.2) is 84.3 Å². The van der Waals surface area contributed by atoms with Crippen LogP contribution >= 0.6 is 24.0 Å².